The summed E-state index contributed by atoms with van der Waals surface area (Å²) in [6.45, 7) is 2.06. The van der Waals surface area contributed by atoms with Crippen LogP contribution >= 0.6 is 0 Å². The molecule has 0 aliphatic carbocycles. The average molecular weight is 340 g/mol. The molecule has 3 heterocycles. The van der Waals surface area contributed by atoms with E-state index in [-0.39, 0.29) is 23.5 Å². The van der Waals surface area contributed by atoms with Gasteiger partial charge >= 0.3 is 0 Å². The third-order valence-electron chi connectivity index (χ3n) is 4.94. The Bertz CT molecular complexity index is 644. The van der Waals surface area contributed by atoms with Crippen molar-refractivity contribution in [3.8, 4) is 0 Å². The van der Waals surface area contributed by atoms with Crippen molar-refractivity contribution in [2.24, 2.45) is 0 Å². The maximum Gasteiger partial charge on any atom is 0.236 e. The number of aromatic nitrogens is 2. The van der Waals surface area contributed by atoms with E-state index in [2.05, 4.69) is 10.00 Å². The van der Waals surface area contributed by atoms with E-state index in [0.717, 1.165) is 25.9 Å². The molecule has 128 valence electrons. The standard InChI is InChI=1S/C15H24N4O3S/c1-17(14-5-9-23(21,22)12-14)15(20)11-18-7-2-4-13(18)10-19-8-3-6-16-19/h3,6,8,13-14H,2,4-5,7,9-12H2,1H3. The van der Waals surface area contributed by atoms with Crippen LogP contribution in [0, 0.1) is 0 Å². The number of hydrogen-bond donors (Lipinski definition) is 0. The topological polar surface area (TPSA) is 75.5 Å². The minimum absolute atomic E-state index is 0.0134. The van der Waals surface area contributed by atoms with Gasteiger partial charge in [-0.05, 0) is 31.9 Å². The highest BCUT2D eigenvalue weighted by molar-refractivity contribution is 7.91. The third kappa shape index (κ3) is 3.92. The maximum atomic E-state index is 12.5. The number of sulfone groups is 1. The summed E-state index contributed by atoms with van der Waals surface area (Å²) in [5, 5.41) is 4.24. The molecule has 1 aromatic rings. The summed E-state index contributed by atoms with van der Waals surface area (Å²) >= 11 is 0. The number of rotatable bonds is 5. The van der Waals surface area contributed by atoms with Crippen LogP contribution in [0.1, 0.15) is 19.3 Å². The zero-order valence-electron chi connectivity index (χ0n) is 13.5. The number of carbonyl (C=O) groups excluding carboxylic acids is 1. The van der Waals surface area contributed by atoms with Gasteiger partial charge in [-0.15, -0.1) is 0 Å². The highest BCUT2D eigenvalue weighted by Gasteiger charge is 2.34. The van der Waals surface area contributed by atoms with E-state index in [1.165, 1.54) is 0 Å². The van der Waals surface area contributed by atoms with Crippen LogP contribution in [-0.2, 0) is 21.2 Å². The molecule has 1 aromatic heterocycles. The zero-order chi connectivity index (χ0) is 16.4. The monoisotopic (exact) mass is 340 g/mol. The van der Waals surface area contributed by atoms with Gasteiger partial charge < -0.3 is 4.90 Å². The van der Waals surface area contributed by atoms with Crippen molar-refractivity contribution in [3.63, 3.8) is 0 Å². The molecule has 23 heavy (non-hydrogen) atoms. The van der Waals surface area contributed by atoms with Gasteiger partial charge in [0, 0.05) is 31.5 Å². The average Bonchev–Trinajstić information content (AvgIpc) is 3.21. The Kier molecular flexibility index (Phi) is 4.72. The molecular weight excluding hydrogens is 316 g/mol. The summed E-state index contributed by atoms with van der Waals surface area (Å²) < 4.78 is 25.1. The Morgan fingerprint density at radius 1 is 1.39 bits per heavy atom. The number of likely N-dealkylation sites (N-methyl/N-ethyl adjacent to an activating group) is 1. The first-order chi connectivity index (χ1) is 10.9. The van der Waals surface area contributed by atoms with E-state index in [4.69, 9.17) is 0 Å². The zero-order valence-corrected chi connectivity index (χ0v) is 14.3. The van der Waals surface area contributed by atoms with Gasteiger partial charge in [-0.3, -0.25) is 14.4 Å². The highest BCUT2D eigenvalue weighted by Crippen LogP contribution is 2.20. The maximum absolute atomic E-state index is 12.5. The smallest absolute Gasteiger partial charge is 0.236 e. The molecule has 7 nitrogen and oxygen atoms in total. The minimum atomic E-state index is -2.97. The van der Waals surface area contributed by atoms with Crippen LogP contribution in [0.3, 0.4) is 0 Å². The summed E-state index contributed by atoms with van der Waals surface area (Å²) in [7, 11) is -1.24. The fourth-order valence-corrected chi connectivity index (χ4v) is 5.28. The fourth-order valence-electron chi connectivity index (χ4n) is 3.50. The van der Waals surface area contributed by atoms with E-state index in [9.17, 15) is 13.2 Å². The van der Waals surface area contributed by atoms with Crippen LogP contribution < -0.4 is 0 Å². The van der Waals surface area contributed by atoms with E-state index >= 15 is 0 Å². The molecule has 8 heteroatoms. The summed E-state index contributed by atoms with van der Waals surface area (Å²) in [5.74, 6) is 0.312. The van der Waals surface area contributed by atoms with Crippen LogP contribution in [0.5, 0.6) is 0 Å². The predicted octanol–water partition coefficient (Wildman–Crippen LogP) is -0.00700. The van der Waals surface area contributed by atoms with Gasteiger partial charge in [-0.1, -0.05) is 0 Å². The fraction of sp³-hybridized carbons (Fsp3) is 0.733. The summed E-state index contributed by atoms with van der Waals surface area (Å²) in [5.41, 5.74) is 0. The van der Waals surface area contributed by atoms with Crippen molar-refractivity contribution in [2.45, 2.75) is 37.9 Å². The largest absolute Gasteiger partial charge is 0.341 e. The lowest BCUT2D eigenvalue weighted by atomic mass is 10.2. The van der Waals surface area contributed by atoms with Crippen molar-refractivity contribution in [2.75, 3.05) is 31.6 Å². The van der Waals surface area contributed by atoms with Crippen LogP contribution in [0.25, 0.3) is 0 Å². The molecule has 2 aliphatic rings. The summed E-state index contributed by atoms with van der Waals surface area (Å²) in [6.07, 6.45) is 6.41. The Hall–Kier alpha value is -1.41. The van der Waals surface area contributed by atoms with Gasteiger partial charge in [0.15, 0.2) is 9.84 Å². The molecule has 3 rings (SSSR count). The van der Waals surface area contributed by atoms with Gasteiger partial charge in [0.1, 0.15) is 0 Å². The molecular formula is C15H24N4O3S. The van der Waals surface area contributed by atoms with Crippen molar-refractivity contribution in [1.29, 1.82) is 0 Å². The first-order valence-electron chi connectivity index (χ1n) is 8.12. The lowest BCUT2D eigenvalue weighted by Gasteiger charge is -2.29. The summed E-state index contributed by atoms with van der Waals surface area (Å²) in [4.78, 5) is 16.3. The van der Waals surface area contributed by atoms with Gasteiger partial charge in [-0.2, -0.15) is 5.10 Å². The Morgan fingerprint density at radius 2 is 2.22 bits per heavy atom. The molecule has 0 N–H and O–H groups in total. The Balaban J connectivity index is 1.56. The molecule has 2 atom stereocenters. The molecule has 0 aromatic carbocycles. The van der Waals surface area contributed by atoms with Crippen molar-refractivity contribution < 1.29 is 13.2 Å². The Labute approximate surface area is 137 Å². The van der Waals surface area contributed by atoms with Crippen molar-refractivity contribution >= 4 is 15.7 Å². The Morgan fingerprint density at radius 3 is 2.87 bits per heavy atom. The quantitative estimate of drug-likeness (QED) is 0.754. The second kappa shape index (κ2) is 6.60. The second-order valence-electron chi connectivity index (χ2n) is 6.56. The number of hydrogen-bond acceptors (Lipinski definition) is 5. The molecule has 1 amide bonds. The van der Waals surface area contributed by atoms with E-state index < -0.39 is 9.84 Å². The molecule has 0 bridgehead atoms. The molecule has 2 unspecified atom stereocenters. The molecule has 0 saturated carbocycles. The van der Waals surface area contributed by atoms with E-state index in [0.29, 0.717) is 19.0 Å². The lowest BCUT2D eigenvalue weighted by Crippen LogP contribution is -2.45. The molecule has 0 radical (unpaired) electrons. The molecule has 2 saturated heterocycles. The van der Waals surface area contributed by atoms with Crippen LogP contribution in [0.2, 0.25) is 0 Å². The third-order valence-corrected chi connectivity index (χ3v) is 6.69. The number of nitrogens with zero attached hydrogens (tertiary/aromatic N) is 4. The van der Waals surface area contributed by atoms with Gasteiger partial charge in [0.25, 0.3) is 0 Å². The van der Waals surface area contributed by atoms with Crippen LogP contribution in [0.4, 0.5) is 0 Å². The van der Waals surface area contributed by atoms with Crippen molar-refractivity contribution in [1.82, 2.24) is 19.6 Å². The molecule has 2 fully saturated rings. The number of likely N-dealkylation sites (tertiary alicyclic amines) is 1. The second-order valence-corrected chi connectivity index (χ2v) is 8.78. The van der Waals surface area contributed by atoms with Gasteiger partial charge in [0.05, 0.1) is 24.6 Å². The minimum Gasteiger partial charge on any atom is -0.341 e. The predicted molar refractivity (Wildman–Crippen MR) is 86.7 cm³/mol. The molecule has 2 aliphatic heterocycles. The SMILES string of the molecule is CN(C(=O)CN1CCCC1Cn1cccn1)C1CCS(=O)(=O)C1. The van der Waals surface area contributed by atoms with Gasteiger partial charge in [-0.25, -0.2) is 8.42 Å². The number of carbonyl (C=O) groups is 1. The van der Waals surface area contributed by atoms with E-state index in [1.807, 2.05) is 16.9 Å². The number of amides is 1. The normalized spacial score (nSPS) is 27.3. The highest BCUT2D eigenvalue weighted by atomic mass is 32.2. The van der Waals surface area contributed by atoms with Crippen molar-refractivity contribution in [3.05, 3.63) is 18.5 Å². The van der Waals surface area contributed by atoms with Crippen LogP contribution in [0.15, 0.2) is 18.5 Å². The first-order valence-corrected chi connectivity index (χ1v) is 9.94. The molecule has 0 spiro atoms. The first kappa shape index (κ1) is 16.4. The van der Waals surface area contributed by atoms with Gasteiger partial charge in [0.2, 0.25) is 5.91 Å². The van der Waals surface area contributed by atoms with Crippen LogP contribution in [-0.4, -0.2) is 77.6 Å². The lowest BCUT2D eigenvalue weighted by molar-refractivity contribution is -0.133. The van der Waals surface area contributed by atoms with E-state index in [1.54, 1.807) is 18.1 Å². The summed E-state index contributed by atoms with van der Waals surface area (Å²) in [6, 6.07) is 2.05.